The third kappa shape index (κ3) is 3.16. The van der Waals surface area contributed by atoms with Crippen LogP contribution in [0.5, 0.6) is 0 Å². The molecule has 6 nitrogen and oxygen atoms in total. The monoisotopic (exact) mass is 346 g/mol. The smallest absolute Gasteiger partial charge is 0.378 e. The van der Waals surface area contributed by atoms with Crippen molar-refractivity contribution in [2.75, 3.05) is 5.32 Å². The second-order valence-electron chi connectivity index (χ2n) is 5.21. The fourth-order valence-electron chi connectivity index (χ4n) is 2.12. The van der Waals surface area contributed by atoms with Gasteiger partial charge in [-0.1, -0.05) is 0 Å². The van der Waals surface area contributed by atoms with Crippen molar-refractivity contribution in [2.45, 2.75) is 35.8 Å². The zero-order chi connectivity index (χ0) is 16.7. The Morgan fingerprint density at radius 1 is 1.22 bits per heavy atom. The highest BCUT2D eigenvalue weighted by molar-refractivity contribution is 7.92. The first kappa shape index (κ1) is 15.8. The van der Waals surface area contributed by atoms with Crippen LogP contribution < -0.4 is 5.32 Å². The predicted octanol–water partition coefficient (Wildman–Crippen LogP) is 2.52. The van der Waals surface area contributed by atoms with Gasteiger partial charge in [0.15, 0.2) is 5.82 Å². The largest absolute Gasteiger partial charge is 0.501 e. The van der Waals surface area contributed by atoms with E-state index in [4.69, 9.17) is 0 Å². The average Bonchev–Trinajstić information content (AvgIpc) is 3.23. The quantitative estimate of drug-likeness (QED) is 0.900. The number of nitrogens with one attached hydrogen (secondary N) is 1. The highest BCUT2D eigenvalue weighted by Crippen LogP contribution is 2.35. The van der Waals surface area contributed by atoms with Gasteiger partial charge in [0.25, 0.3) is 9.84 Å². The minimum absolute atomic E-state index is 0.349. The molecule has 0 unspecified atom stereocenters. The summed E-state index contributed by atoms with van der Waals surface area (Å²) >= 11 is 0. The lowest BCUT2D eigenvalue weighted by Crippen LogP contribution is -2.23. The van der Waals surface area contributed by atoms with Crippen LogP contribution >= 0.6 is 0 Å². The van der Waals surface area contributed by atoms with Gasteiger partial charge in [0, 0.05) is 11.7 Å². The van der Waals surface area contributed by atoms with Crippen LogP contribution in [0.1, 0.15) is 24.7 Å². The van der Waals surface area contributed by atoms with Gasteiger partial charge >= 0.3 is 5.51 Å². The van der Waals surface area contributed by atoms with E-state index in [0.29, 0.717) is 18.3 Å². The number of halogens is 3. The Hall–Kier alpha value is -2.10. The molecule has 1 saturated carbocycles. The van der Waals surface area contributed by atoms with E-state index in [-0.39, 0.29) is 0 Å². The number of aromatic nitrogens is 3. The summed E-state index contributed by atoms with van der Waals surface area (Å²) in [5.74, 6) is 0.722. The molecule has 10 heteroatoms. The fraction of sp³-hybridized carbons (Fsp3) is 0.385. The Morgan fingerprint density at radius 2 is 1.87 bits per heavy atom. The van der Waals surface area contributed by atoms with E-state index >= 15 is 0 Å². The number of nitrogens with zero attached hydrogens (tertiary/aromatic N) is 3. The van der Waals surface area contributed by atoms with Crippen molar-refractivity contribution < 1.29 is 21.6 Å². The number of rotatable bonds is 5. The molecule has 23 heavy (non-hydrogen) atoms. The van der Waals surface area contributed by atoms with Crippen molar-refractivity contribution in [1.82, 2.24) is 14.8 Å². The molecule has 0 aliphatic heterocycles. The zero-order valence-electron chi connectivity index (χ0n) is 11.8. The Morgan fingerprint density at radius 3 is 2.43 bits per heavy atom. The molecule has 0 amide bonds. The second-order valence-corrected chi connectivity index (χ2v) is 7.15. The van der Waals surface area contributed by atoms with Crippen molar-refractivity contribution in [2.24, 2.45) is 0 Å². The summed E-state index contributed by atoms with van der Waals surface area (Å²) in [5, 5.41) is 10.8. The van der Waals surface area contributed by atoms with Crippen LogP contribution in [-0.4, -0.2) is 28.7 Å². The summed E-state index contributed by atoms with van der Waals surface area (Å²) in [6.07, 6.45) is 3.80. The Kier molecular flexibility index (Phi) is 3.78. The van der Waals surface area contributed by atoms with Crippen LogP contribution in [0.4, 0.5) is 18.9 Å². The number of hydrogen-bond donors (Lipinski definition) is 1. The van der Waals surface area contributed by atoms with Crippen molar-refractivity contribution in [3.63, 3.8) is 0 Å². The number of benzene rings is 1. The molecule has 1 aromatic carbocycles. The maximum absolute atomic E-state index is 12.5. The summed E-state index contributed by atoms with van der Waals surface area (Å²) in [7, 11) is -5.32. The third-order valence-electron chi connectivity index (χ3n) is 3.51. The number of hydrogen-bond acceptors (Lipinski definition) is 5. The fourth-order valence-corrected chi connectivity index (χ4v) is 2.88. The van der Waals surface area contributed by atoms with Crippen LogP contribution in [0.25, 0.3) is 0 Å². The Balaban J connectivity index is 1.69. The van der Waals surface area contributed by atoms with Gasteiger partial charge in [0.05, 0.1) is 11.4 Å². The van der Waals surface area contributed by atoms with Gasteiger partial charge in [-0.05, 0) is 37.1 Å². The maximum Gasteiger partial charge on any atom is 0.501 e. The van der Waals surface area contributed by atoms with Gasteiger partial charge in [-0.15, -0.1) is 10.2 Å². The SMILES string of the molecule is O=S(=O)(c1ccc(NCc2nncn2C2CC2)cc1)C(F)(F)F. The standard InChI is InChI=1S/C13H13F3N4O2S/c14-13(15,16)23(21,22)11-5-1-9(2-6-11)17-7-12-19-18-8-20(12)10-3-4-10/h1-2,5-6,8,10,17H,3-4,7H2. The van der Waals surface area contributed by atoms with E-state index in [1.807, 2.05) is 4.57 Å². The second kappa shape index (κ2) is 5.52. The molecule has 1 fully saturated rings. The molecule has 0 atom stereocenters. The molecule has 0 spiro atoms. The van der Waals surface area contributed by atoms with E-state index in [1.54, 1.807) is 6.33 Å². The highest BCUT2D eigenvalue weighted by Gasteiger charge is 2.46. The summed E-state index contributed by atoms with van der Waals surface area (Å²) in [5.41, 5.74) is -4.81. The molecule has 3 rings (SSSR count). The molecule has 0 saturated heterocycles. The van der Waals surface area contributed by atoms with Gasteiger partial charge in [-0.25, -0.2) is 8.42 Å². The Bertz CT molecular complexity index is 795. The van der Waals surface area contributed by atoms with Crippen LogP contribution in [0.3, 0.4) is 0 Å². The van der Waals surface area contributed by atoms with Crippen molar-refractivity contribution in [1.29, 1.82) is 0 Å². The maximum atomic E-state index is 12.5. The average molecular weight is 346 g/mol. The van der Waals surface area contributed by atoms with Crippen LogP contribution in [-0.2, 0) is 16.4 Å². The Labute approximate surface area is 130 Å². The van der Waals surface area contributed by atoms with Crippen molar-refractivity contribution in [3.8, 4) is 0 Å². The van der Waals surface area contributed by atoms with Crippen molar-refractivity contribution in [3.05, 3.63) is 36.4 Å². The van der Waals surface area contributed by atoms with Crippen LogP contribution in [0.15, 0.2) is 35.5 Å². The molecule has 1 aliphatic rings. The van der Waals surface area contributed by atoms with E-state index in [0.717, 1.165) is 30.8 Å². The summed E-state index contributed by atoms with van der Waals surface area (Å²) in [4.78, 5) is -0.781. The lowest BCUT2D eigenvalue weighted by Gasteiger charge is -2.10. The first-order valence-corrected chi connectivity index (χ1v) is 8.31. The third-order valence-corrected chi connectivity index (χ3v) is 5.01. The van der Waals surface area contributed by atoms with Crippen LogP contribution in [0.2, 0.25) is 0 Å². The molecule has 0 bridgehead atoms. The van der Waals surface area contributed by atoms with Gasteiger partial charge in [-0.3, -0.25) is 0 Å². The minimum Gasteiger partial charge on any atom is -0.378 e. The molecular formula is C13H13F3N4O2S. The number of anilines is 1. The first-order valence-electron chi connectivity index (χ1n) is 6.83. The molecule has 0 radical (unpaired) electrons. The molecule has 1 aliphatic carbocycles. The summed E-state index contributed by atoms with van der Waals surface area (Å²) in [6, 6.07) is 4.85. The minimum atomic E-state index is -5.32. The number of alkyl halides is 3. The molecule has 124 valence electrons. The van der Waals surface area contributed by atoms with Gasteiger partial charge < -0.3 is 9.88 Å². The summed E-state index contributed by atoms with van der Waals surface area (Å²) in [6.45, 7) is 0.349. The van der Waals surface area contributed by atoms with E-state index in [9.17, 15) is 21.6 Å². The van der Waals surface area contributed by atoms with Crippen molar-refractivity contribution >= 4 is 15.5 Å². The topological polar surface area (TPSA) is 76.9 Å². The zero-order valence-corrected chi connectivity index (χ0v) is 12.6. The molecule has 1 N–H and O–H groups in total. The van der Waals surface area contributed by atoms with Gasteiger partial charge in [0.2, 0.25) is 0 Å². The highest BCUT2D eigenvalue weighted by atomic mass is 32.2. The molecule has 1 aromatic heterocycles. The summed E-state index contributed by atoms with van der Waals surface area (Å²) < 4.78 is 61.9. The lowest BCUT2D eigenvalue weighted by atomic mass is 10.3. The lowest BCUT2D eigenvalue weighted by molar-refractivity contribution is -0.0436. The van der Waals surface area contributed by atoms with Gasteiger partial charge in [0.1, 0.15) is 6.33 Å². The number of sulfone groups is 1. The van der Waals surface area contributed by atoms with E-state index in [1.165, 1.54) is 12.1 Å². The first-order chi connectivity index (χ1) is 10.8. The van der Waals surface area contributed by atoms with Crippen LogP contribution in [0, 0.1) is 0 Å². The normalized spacial score (nSPS) is 15.6. The molecular weight excluding hydrogens is 333 g/mol. The molecule has 1 heterocycles. The van der Waals surface area contributed by atoms with E-state index in [2.05, 4.69) is 15.5 Å². The molecule has 2 aromatic rings. The van der Waals surface area contributed by atoms with E-state index < -0.39 is 20.2 Å². The predicted molar refractivity (Wildman–Crippen MR) is 75.3 cm³/mol. The van der Waals surface area contributed by atoms with Gasteiger partial charge in [-0.2, -0.15) is 13.2 Å².